The second kappa shape index (κ2) is 20.6. The molecule has 0 radical (unpaired) electrons. The van der Waals surface area contributed by atoms with Gasteiger partial charge in [-0.05, 0) is 117 Å². The highest BCUT2D eigenvalue weighted by atomic mass is 16.8. The molecule has 1 aromatic heterocycles. The summed E-state index contributed by atoms with van der Waals surface area (Å²) in [6.45, 7) is -1.15. The summed E-state index contributed by atoms with van der Waals surface area (Å²) >= 11 is 0. The summed E-state index contributed by atoms with van der Waals surface area (Å²) in [5, 5.41) is 138. The molecule has 10 rings (SSSR count). The molecule has 3 aromatic carbocycles. The molecule has 412 valence electrons. The molecule has 4 aromatic rings. The number of carbonyl (C=O) groups is 2. The van der Waals surface area contributed by atoms with Crippen LogP contribution in [0.25, 0.3) is 6.08 Å². The zero-order valence-corrected chi connectivity index (χ0v) is 42.0. The summed E-state index contributed by atoms with van der Waals surface area (Å²) in [7, 11) is 0. The van der Waals surface area contributed by atoms with Crippen LogP contribution in [0.2, 0.25) is 0 Å². The van der Waals surface area contributed by atoms with Crippen LogP contribution in [0.1, 0.15) is 90.8 Å². The number of amides is 1. The number of nitrogens with zero attached hydrogens (tertiary/aromatic N) is 3. The summed E-state index contributed by atoms with van der Waals surface area (Å²) < 4.78 is 11.1. The van der Waals surface area contributed by atoms with E-state index in [9.17, 15) is 61.3 Å². The Bertz CT molecular complexity index is 3000. The molecular formula is C55H66N6O16. The van der Waals surface area contributed by atoms with Crippen molar-refractivity contribution < 1.29 is 80.3 Å². The summed E-state index contributed by atoms with van der Waals surface area (Å²) in [5.74, 6) is -13.6. The predicted octanol–water partition coefficient (Wildman–Crippen LogP) is 1.58. The molecule has 77 heavy (non-hydrogen) atoms. The first-order valence-electron chi connectivity index (χ1n) is 26.1. The lowest BCUT2D eigenvalue weighted by molar-refractivity contribution is -0.422. The molecule has 22 nitrogen and oxygen atoms in total. The second-order valence-corrected chi connectivity index (χ2v) is 21.6. The molecule has 1 saturated heterocycles. The third-order valence-corrected chi connectivity index (χ3v) is 17.7. The number of guanidine groups is 1. The quantitative estimate of drug-likeness (QED) is 0.0213. The van der Waals surface area contributed by atoms with Crippen LogP contribution in [0.4, 0.5) is 5.69 Å². The van der Waals surface area contributed by atoms with Crippen LogP contribution in [0.3, 0.4) is 0 Å². The van der Waals surface area contributed by atoms with E-state index in [0.29, 0.717) is 79.3 Å². The number of hydrogen-bond donors (Lipinski definition) is 15. The Labute approximate surface area is 441 Å². The minimum absolute atomic E-state index is 0.0486. The van der Waals surface area contributed by atoms with Gasteiger partial charge in [-0.1, -0.05) is 30.2 Å². The van der Waals surface area contributed by atoms with Gasteiger partial charge in [0.05, 0.1) is 24.7 Å². The number of aryl methyl sites for hydroxylation is 1. The molecule has 0 spiro atoms. The number of H-pyrrole nitrogens is 1. The van der Waals surface area contributed by atoms with E-state index < -0.39 is 113 Å². The lowest BCUT2D eigenvalue weighted by Crippen LogP contribution is -2.67. The first-order chi connectivity index (χ1) is 36.8. The number of hydrogen-bond acceptors (Lipinski definition) is 17. The van der Waals surface area contributed by atoms with Gasteiger partial charge in [0.15, 0.2) is 29.1 Å². The second-order valence-electron chi connectivity index (χ2n) is 21.6. The summed E-state index contributed by atoms with van der Waals surface area (Å²) in [6.07, 6.45) is 2.24. The zero-order valence-electron chi connectivity index (χ0n) is 42.0. The number of anilines is 1. The van der Waals surface area contributed by atoms with Gasteiger partial charge >= 0.3 is 11.9 Å². The first kappa shape index (κ1) is 53.6. The van der Waals surface area contributed by atoms with Gasteiger partial charge in [-0.15, -0.1) is 0 Å². The number of allylic oxidation sites excluding steroid dienone is 1. The molecule has 6 aliphatic rings. The molecule has 1 amide bonds. The Balaban J connectivity index is 1.20. The number of aliphatic hydroxyl groups is 7. The lowest BCUT2D eigenvalue weighted by Gasteiger charge is -2.59. The standard InChI is InChI=1S/C55H66N6O16/c56-52(57)59-16-15-27-9-10-29(19-38(27)66)34-21-53(51(73)74)45(44(34)54-31(4-2-5-32(54)23-62)12-11-28-3-1-6-37(65)43(28)54)42-35(20-39(46(68)48(42)70)76-55(75)50(72)49(71)47(69)40(24-63)77-55)61(53)41(67)14-8-26-7-13-36(64)30(17-26)18-33-22-58-25-60-33/h1,3,6-8,13-14,17,20-22,25,27,29,31-32,38,40,44-45,47,49-50,62-66,68-72,75H,2,4-5,9-12,15-16,18-19,23-24H2,(H,58,60)(H,73,74)(H4,56,57,59). The van der Waals surface area contributed by atoms with Crippen molar-refractivity contribution in [3.63, 3.8) is 0 Å². The number of aliphatic imine (C=N–C) groups is 1. The van der Waals surface area contributed by atoms with Crippen LogP contribution in [0, 0.1) is 29.6 Å². The van der Waals surface area contributed by atoms with Gasteiger partial charge in [0.2, 0.25) is 5.75 Å². The fourth-order valence-electron chi connectivity index (χ4n) is 14.4. The molecule has 3 fully saturated rings. The SMILES string of the molecule is NC(N)=NCCC1CCC(C2=CC3(C(=O)O)C(c4c(cc(OC5(O)OC(CO)C(O)C(O)C5O)c(O)c4O)N3C(=O)C=Cc3ccc(O)c(Cc4cnc[nH]4)c3)C2C23c4c(O)cccc4CCC2CCCC3CO)CC1O. The maximum atomic E-state index is 15.6. The number of imidazole rings is 1. The highest BCUT2D eigenvalue weighted by molar-refractivity contribution is 6.14. The third kappa shape index (κ3) is 8.74. The van der Waals surface area contributed by atoms with Crippen molar-refractivity contribution >= 4 is 29.6 Å². The molecule has 3 heterocycles. The normalized spacial score (nSPS) is 33.4. The van der Waals surface area contributed by atoms with Gasteiger partial charge in [-0.3, -0.25) is 14.7 Å². The fraction of sp³-hybridized carbons (Fsp3) is 0.491. The van der Waals surface area contributed by atoms with Gasteiger partial charge in [0, 0.05) is 77.5 Å². The van der Waals surface area contributed by atoms with E-state index in [0.717, 1.165) is 22.6 Å². The van der Waals surface area contributed by atoms with Crippen molar-refractivity contribution in [1.82, 2.24) is 9.97 Å². The van der Waals surface area contributed by atoms with Crippen molar-refractivity contribution in [3.05, 3.63) is 106 Å². The van der Waals surface area contributed by atoms with Crippen LogP contribution < -0.4 is 21.1 Å². The fourth-order valence-corrected chi connectivity index (χ4v) is 14.4. The summed E-state index contributed by atoms with van der Waals surface area (Å²) in [4.78, 5) is 42.8. The highest BCUT2D eigenvalue weighted by Gasteiger charge is 2.72. The number of nitrogens with two attached hydrogens (primary N) is 2. The molecular weight excluding hydrogens is 1000 g/mol. The highest BCUT2D eigenvalue weighted by Crippen LogP contribution is 2.73. The molecule has 0 bridgehead atoms. The molecule has 14 atom stereocenters. The Morgan fingerprint density at radius 3 is 2.43 bits per heavy atom. The maximum absolute atomic E-state index is 15.6. The number of fused-ring (bicyclic) bond motifs is 6. The van der Waals surface area contributed by atoms with Crippen LogP contribution in [-0.4, -0.2) is 151 Å². The van der Waals surface area contributed by atoms with E-state index >= 15 is 9.59 Å². The van der Waals surface area contributed by atoms with E-state index in [1.165, 1.54) is 30.6 Å². The number of aromatic amines is 1. The molecule has 2 aliphatic heterocycles. The van der Waals surface area contributed by atoms with Crippen LogP contribution in [-0.2, 0) is 32.6 Å². The van der Waals surface area contributed by atoms with Gasteiger partial charge in [0.1, 0.15) is 29.8 Å². The van der Waals surface area contributed by atoms with E-state index in [2.05, 4.69) is 15.0 Å². The number of aliphatic carboxylic acids is 1. The van der Waals surface area contributed by atoms with Crippen LogP contribution in [0.15, 0.2) is 77.7 Å². The van der Waals surface area contributed by atoms with Crippen LogP contribution >= 0.6 is 0 Å². The number of benzene rings is 3. The lowest BCUT2D eigenvalue weighted by atomic mass is 9.44. The van der Waals surface area contributed by atoms with Gasteiger partial charge in [-0.25, -0.2) is 9.78 Å². The van der Waals surface area contributed by atoms with E-state index in [1.54, 1.807) is 24.4 Å². The molecule has 22 heteroatoms. The number of carboxylic acids is 1. The summed E-state index contributed by atoms with van der Waals surface area (Å²) in [6, 6.07) is 10.7. The monoisotopic (exact) mass is 1070 g/mol. The smallest absolute Gasteiger partial charge is 0.355 e. The van der Waals surface area contributed by atoms with Crippen molar-refractivity contribution in [3.8, 4) is 28.7 Å². The number of carbonyl (C=O) groups excluding carboxylic acids is 1. The predicted molar refractivity (Wildman–Crippen MR) is 274 cm³/mol. The number of nitrogens with one attached hydrogen (secondary N) is 1. The van der Waals surface area contributed by atoms with Crippen molar-refractivity contribution in [1.29, 1.82) is 0 Å². The number of ether oxygens (including phenoxy) is 2. The number of aromatic hydroxyl groups is 4. The average molecular weight is 1070 g/mol. The summed E-state index contributed by atoms with van der Waals surface area (Å²) in [5.41, 5.74) is 10.1. The molecule has 2 saturated carbocycles. The number of aromatic nitrogens is 2. The Morgan fingerprint density at radius 2 is 1.73 bits per heavy atom. The van der Waals surface area contributed by atoms with Crippen molar-refractivity contribution in [2.45, 2.75) is 118 Å². The Morgan fingerprint density at radius 1 is 0.935 bits per heavy atom. The third-order valence-electron chi connectivity index (χ3n) is 17.7. The van der Waals surface area contributed by atoms with Gasteiger partial charge in [0.25, 0.3) is 5.91 Å². The van der Waals surface area contributed by atoms with Crippen molar-refractivity contribution in [2.75, 3.05) is 24.7 Å². The molecule has 14 unspecified atom stereocenters. The minimum Gasteiger partial charge on any atom is -0.508 e. The van der Waals surface area contributed by atoms with Crippen LogP contribution in [0.5, 0.6) is 28.7 Å². The average Bonchev–Trinajstić information content (AvgIpc) is 4.18. The maximum Gasteiger partial charge on any atom is 0.355 e. The number of carboxylic acid groups (broad SMARTS) is 1. The zero-order chi connectivity index (χ0) is 54.9. The largest absolute Gasteiger partial charge is 0.508 e. The minimum atomic E-state index is -3.35. The number of phenolic OH excluding ortho intramolecular Hbond substituents is 4. The van der Waals surface area contributed by atoms with E-state index in [-0.39, 0.29) is 59.9 Å². The molecule has 17 N–H and O–H groups in total. The van der Waals surface area contributed by atoms with Crippen molar-refractivity contribution in [2.24, 2.45) is 46.0 Å². The van der Waals surface area contributed by atoms with E-state index in [4.69, 9.17) is 20.9 Å². The number of aliphatic hydroxyl groups excluding tert-OH is 6. The first-order valence-corrected chi connectivity index (χ1v) is 26.1. The number of phenols is 4. The van der Waals surface area contributed by atoms with E-state index in [1.807, 2.05) is 6.07 Å². The Kier molecular flexibility index (Phi) is 14.3. The number of rotatable bonds is 14. The topological polar surface area (TPSA) is 392 Å². The van der Waals surface area contributed by atoms with Gasteiger partial charge < -0.3 is 87.2 Å². The Hall–Kier alpha value is -6.76. The molecule has 4 aliphatic carbocycles. The van der Waals surface area contributed by atoms with Gasteiger partial charge in [-0.2, -0.15) is 0 Å².